The van der Waals surface area contributed by atoms with Crippen molar-refractivity contribution in [3.8, 4) is 0 Å². The summed E-state index contributed by atoms with van der Waals surface area (Å²) in [6, 6.07) is 7.94. The van der Waals surface area contributed by atoms with Gasteiger partial charge >= 0.3 is 0 Å². The highest BCUT2D eigenvalue weighted by Gasteiger charge is 2.29. The van der Waals surface area contributed by atoms with Gasteiger partial charge in [0.05, 0.1) is 0 Å². The van der Waals surface area contributed by atoms with Crippen LogP contribution in [0.5, 0.6) is 0 Å². The minimum atomic E-state index is 0.584. The average Bonchev–Trinajstić information content (AvgIpc) is 3.09. The second kappa shape index (κ2) is 5.34. The fourth-order valence-electron chi connectivity index (χ4n) is 3.18. The third-order valence-corrected chi connectivity index (χ3v) is 5.20. The lowest BCUT2D eigenvalue weighted by Crippen LogP contribution is -2.31. The Morgan fingerprint density at radius 2 is 2.17 bits per heavy atom. The van der Waals surface area contributed by atoms with E-state index in [1.54, 1.807) is 0 Å². The molecule has 2 atom stereocenters. The standard InChI is InChI=1S/C16H22BrN/c1-2-12(10-11-6-7-11)18-16-9-8-13-14(16)4-3-5-15(13)17/h3-5,11-12,16,18H,2,6-10H2,1H3. The van der Waals surface area contributed by atoms with Gasteiger partial charge in [0.25, 0.3) is 0 Å². The van der Waals surface area contributed by atoms with Crippen molar-refractivity contribution in [2.24, 2.45) is 5.92 Å². The normalized spacial score (nSPS) is 24.0. The molecule has 0 radical (unpaired) electrons. The van der Waals surface area contributed by atoms with Crippen molar-refractivity contribution in [3.05, 3.63) is 33.8 Å². The van der Waals surface area contributed by atoms with Crippen LogP contribution in [-0.4, -0.2) is 6.04 Å². The molecule has 2 aliphatic carbocycles. The van der Waals surface area contributed by atoms with Crippen molar-refractivity contribution < 1.29 is 0 Å². The van der Waals surface area contributed by atoms with E-state index in [0.717, 1.165) is 5.92 Å². The van der Waals surface area contributed by atoms with Gasteiger partial charge in [-0.2, -0.15) is 0 Å². The molecule has 1 saturated carbocycles. The zero-order valence-corrected chi connectivity index (χ0v) is 12.7. The second-order valence-electron chi connectivity index (χ2n) is 5.85. The molecule has 0 spiro atoms. The van der Waals surface area contributed by atoms with Crippen LogP contribution in [0.3, 0.4) is 0 Å². The molecular weight excluding hydrogens is 286 g/mol. The molecule has 2 aliphatic rings. The third kappa shape index (κ3) is 2.65. The fourth-order valence-corrected chi connectivity index (χ4v) is 3.76. The molecule has 3 rings (SSSR count). The van der Waals surface area contributed by atoms with Gasteiger partial charge in [-0.05, 0) is 48.8 Å². The van der Waals surface area contributed by atoms with Crippen LogP contribution in [-0.2, 0) is 6.42 Å². The van der Waals surface area contributed by atoms with E-state index in [-0.39, 0.29) is 0 Å². The minimum absolute atomic E-state index is 0.584. The molecule has 18 heavy (non-hydrogen) atoms. The summed E-state index contributed by atoms with van der Waals surface area (Å²) in [6.45, 7) is 2.32. The van der Waals surface area contributed by atoms with Gasteiger partial charge in [0.1, 0.15) is 0 Å². The summed E-state index contributed by atoms with van der Waals surface area (Å²) in [7, 11) is 0. The number of halogens is 1. The van der Waals surface area contributed by atoms with E-state index in [4.69, 9.17) is 0 Å². The fraction of sp³-hybridized carbons (Fsp3) is 0.625. The van der Waals surface area contributed by atoms with E-state index in [1.807, 2.05) is 0 Å². The smallest absolute Gasteiger partial charge is 0.0328 e. The van der Waals surface area contributed by atoms with Gasteiger partial charge in [0.15, 0.2) is 0 Å². The molecule has 98 valence electrons. The molecule has 1 nitrogen and oxygen atoms in total. The van der Waals surface area contributed by atoms with Crippen LogP contribution in [0.4, 0.5) is 0 Å². The maximum Gasteiger partial charge on any atom is 0.0328 e. The Hall–Kier alpha value is -0.340. The Bertz CT molecular complexity index is 425. The monoisotopic (exact) mass is 307 g/mol. The van der Waals surface area contributed by atoms with E-state index in [0.29, 0.717) is 12.1 Å². The Morgan fingerprint density at radius 1 is 1.33 bits per heavy atom. The highest BCUT2D eigenvalue weighted by molar-refractivity contribution is 9.10. The summed E-state index contributed by atoms with van der Waals surface area (Å²) in [4.78, 5) is 0. The third-order valence-electron chi connectivity index (χ3n) is 4.46. The van der Waals surface area contributed by atoms with Crippen molar-refractivity contribution in [2.45, 2.75) is 57.5 Å². The Balaban J connectivity index is 1.69. The average molecular weight is 308 g/mol. The van der Waals surface area contributed by atoms with E-state index in [1.165, 1.54) is 54.1 Å². The molecule has 1 fully saturated rings. The van der Waals surface area contributed by atoms with Crippen LogP contribution >= 0.6 is 15.9 Å². The lowest BCUT2D eigenvalue weighted by Gasteiger charge is -2.22. The molecule has 0 amide bonds. The van der Waals surface area contributed by atoms with Gasteiger partial charge in [-0.3, -0.25) is 0 Å². The van der Waals surface area contributed by atoms with Crippen molar-refractivity contribution >= 4 is 15.9 Å². The van der Waals surface area contributed by atoms with Crippen molar-refractivity contribution in [1.29, 1.82) is 0 Å². The summed E-state index contributed by atoms with van der Waals surface area (Å²) in [5.74, 6) is 1.02. The first-order chi connectivity index (χ1) is 8.78. The molecular formula is C16H22BrN. The Morgan fingerprint density at radius 3 is 2.89 bits per heavy atom. The van der Waals surface area contributed by atoms with Crippen LogP contribution in [0.25, 0.3) is 0 Å². The summed E-state index contributed by atoms with van der Waals surface area (Å²) in [5, 5.41) is 3.90. The van der Waals surface area contributed by atoms with Crippen LogP contribution in [0.15, 0.2) is 22.7 Å². The molecule has 0 bridgehead atoms. The molecule has 2 unspecified atom stereocenters. The maximum absolute atomic E-state index is 3.90. The summed E-state index contributed by atoms with van der Waals surface area (Å²) in [6.07, 6.45) is 8.05. The van der Waals surface area contributed by atoms with Crippen LogP contribution in [0.1, 0.15) is 56.2 Å². The van der Waals surface area contributed by atoms with Gasteiger partial charge in [-0.1, -0.05) is 47.8 Å². The Kier molecular flexibility index (Phi) is 3.76. The first-order valence-electron chi connectivity index (χ1n) is 7.31. The molecule has 0 saturated heterocycles. The largest absolute Gasteiger partial charge is 0.307 e. The van der Waals surface area contributed by atoms with Crippen LogP contribution < -0.4 is 5.32 Å². The molecule has 1 aromatic carbocycles. The number of hydrogen-bond acceptors (Lipinski definition) is 1. The van der Waals surface area contributed by atoms with E-state index >= 15 is 0 Å². The van der Waals surface area contributed by atoms with Gasteiger partial charge in [0.2, 0.25) is 0 Å². The Labute approximate surface area is 118 Å². The van der Waals surface area contributed by atoms with Crippen LogP contribution in [0.2, 0.25) is 0 Å². The SMILES string of the molecule is CCC(CC1CC1)NC1CCc2c(Br)cccc21. The van der Waals surface area contributed by atoms with Crippen molar-refractivity contribution in [2.75, 3.05) is 0 Å². The highest BCUT2D eigenvalue weighted by Crippen LogP contribution is 2.38. The van der Waals surface area contributed by atoms with Gasteiger partial charge in [-0.25, -0.2) is 0 Å². The first kappa shape index (κ1) is 12.7. The lowest BCUT2D eigenvalue weighted by atomic mass is 10.0. The van der Waals surface area contributed by atoms with Gasteiger partial charge < -0.3 is 5.32 Å². The number of fused-ring (bicyclic) bond motifs is 1. The molecule has 1 aromatic rings. The van der Waals surface area contributed by atoms with E-state index in [9.17, 15) is 0 Å². The predicted octanol–water partition coefficient (Wildman–Crippen LogP) is 4.60. The molecule has 2 heteroatoms. The number of nitrogens with one attached hydrogen (secondary N) is 1. The van der Waals surface area contributed by atoms with Crippen molar-refractivity contribution in [3.63, 3.8) is 0 Å². The highest BCUT2D eigenvalue weighted by atomic mass is 79.9. The zero-order chi connectivity index (χ0) is 12.5. The number of hydrogen-bond donors (Lipinski definition) is 1. The molecule has 0 aromatic heterocycles. The van der Waals surface area contributed by atoms with Crippen molar-refractivity contribution in [1.82, 2.24) is 5.32 Å². The summed E-state index contributed by atoms with van der Waals surface area (Å²) >= 11 is 3.68. The van der Waals surface area contributed by atoms with E-state index in [2.05, 4.69) is 46.4 Å². The quantitative estimate of drug-likeness (QED) is 0.838. The molecule has 0 aliphatic heterocycles. The predicted molar refractivity (Wildman–Crippen MR) is 79.8 cm³/mol. The van der Waals surface area contributed by atoms with E-state index < -0.39 is 0 Å². The minimum Gasteiger partial charge on any atom is -0.307 e. The maximum atomic E-state index is 3.90. The summed E-state index contributed by atoms with van der Waals surface area (Å²) in [5.41, 5.74) is 3.05. The topological polar surface area (TPSA) is 12.0 Å². The van der Waals surface area contributed by atoms with Gasteiger partial charge in [-0.15, -0.1) is 0 Å². The number of rotatable bonds is 5. The molecule has 0 heterocycles. The second-order valence-corrected chi connectivity index (χ2v) is 6.70. The number of benzene rings is 1. The lowest BCUT2D eigenvalue weighted by molar-refractivity contribution is 0.388. The first-order valence-corrected chi connectivity index (χ1v) is 8.10. The van der Waals surface area contributed by atoms with Crippen LogP contribution in [0, 0.1) is 5.92 Å². The van der Waals surface area contributed by atoms with Gasteiger partial charge in [0, 0.05) is 16.6 Å². The zero-order valence-electron chi connectivity index (χ0n) is 11.1. The molecule has 1 N–H and O–H groups in total. The summed E-state index contributed by atoms with van der Waals surface area (Å²) < 4.78 is 1.29.